The molecule has 0 spiro atoms. The molecule has 0 saturated heterocycles. The minimum Gasteiger partial charge on any atom is -0.326 e. The second-order valence-electron chi connectivity index (χ2n) is 5.31. The highest BCUT2D eigenvalue weighted by Crippen LogP contribution is 2.30. The lowest BCUT2D eigenvalue weighted by molar-refractivity contribution is -0.117. The predicted octanol–water partition coefficient (Wildman–Crippen LogP) is 3.43. The molecule has 2 N–H and O–H groups in total. The number of carbonyl (C=O) groups is 2. The van der Waals surface area contributed by atoms with Crippen molar-refractivity contribution in [1.82, 2.24) is 0 Å². The number of nitrogens with one attached hydrogen (secondary N) is 2. The van der Waals surface area contributed by atoms with Crippen molar-refractivity contribution in [2.75, 3.05) is 10.6 Å². The first-order valence-electron chi connectivity index (χ1n) is 7.10. The third kappa shape index (κ3) is 3.49. The van der Waals surface area contributed by atoms with Crippen LogP contribution in [0, 0.1) is 11.7 Å². The Bertz CT molecular complexity index is 709. The third-order valence-electron chi connectivity index (χ3n) is 3.45. The molecule has 0 radical (unpaired) electrons. The van der Waals surface area contributed by atoms with Crippen molar-refractivity contribution in [2.24, 2.45) is 5.92 Å². The average Bonchev–Trinajstić information content (AvgIpc) is 3.34. The Hall–Kier alpha value is -2.69. The second kappa shape index (κ2) is 5.97. The fraction of sp³-hybridized carbons (Fsp3) is 0.176. The van der Waals surface area contributed by atoms with Gasteiger partial charge in [-0.1, -0.05) is 6.07 Å². The van der Waals surface area contributed by atoms with E-state index in [4.69, 9.17) is 0 Å². The summed E-state index contributed by atoms with van der Waals surface area (Å²) in [7, 11) is 0. The molecule has 2 aromatic rings. The summed E-state index contributed by atoms with van der Waals surface area (Å²) in [6.45, 7) is 0. The molecule has 0 unspecified atom stereocenters. The first-order chi connectivity index (χ1) is 10.6. The largest absolute Gasteiger partial charge is 0.326 e. The maximum Gasteiger partial charge on any atom is 0.255 e. The van der Waals surface area contributed by atoms with Crippen LogP contribution in [0.15, 0.2) is 48.5 Å². The molecule has 22 heavy (non-hydrogen) atoms. The van der Waals surface area contributed by atoms with Crippen molar-refractivity contribution in [1.29, 1.82) is 0 Å². The summed E-state index contributed by atoms with van der Waals surface area (Å²) in [5, 5.41) is 5.51. The number of halogens is 1. The lowest BCUT2D eigenvalue weighted by Gasteiger charge is -2.08. The molecule has 112 valence electrons. The van der Waals surface area contributed by atoms with Gasteiger partial charge in [-0.25, -0.2) is 4.39 Å². The highest BCUT2D eigenvalue weighted by atomic mass is 19.1. The minimum atomic E-state index is -0.453. The first kappa shape index (κ1) is 14.3. The Morgan fingerprint density at radius 2 is 1.59 bits per heavy atom. The Balaban J connectivity index is 1.63. The molecule has 0 atom stereocenters. The summed E-state index contributed by atoms with van der Waals surface area (Å²) in [6.07, 6.45) is 1.90. The lowest BCUT2D eigenvalue weighted by atomic mass is 10.2. The zero-order chi connectivity index (χ0) is 15.5. The summed E-state index contributed by atoms with van der Waals surface area (Å²) in [5.74, 6) is -0.649. The number of hydrogen-bond donors (Lipinski definition) is 2. The van der Waals surface area contributed by atoms with Crippen LogP contribution in [0.1, 0.15) is 23.2 Å². The van der Waals surface area contributed by atoms with E-state index in [0.717, 1.165) is 12.8 Å². The van der Waals surface area contributed by atoms with E-state index in [2.05, 4.69) is 10.6 Å². The highest BCUT2D eigenvalue weighted by molar-refractivity contribution is 6.04. The van der Waals surface area contributed by atoms with Crippen LogP contribution in [0.25, 0.3) is 0 Å². The van der Waals surface area contributed by atoms with Gasteiger partial charge in [0.25, 0.3) is 5.91 Å². The van der Waals surface area contributed by atoms with Gasteiger partial charge in [-0.15, -0.1) is 0 Å². The van der Waals surface area contributed by atoms with Gasteiger partial charge in [-0.2, -0.15) is 0 Å². The van der Waals surface area contributed by atoms with Crippen molar-refractivity contribution in [3.63, 3.8) is 0 Å². The fourth-order valence-electron chi connectivity index (χ4n) is 2.06. The topological polar surface area (TPSA) is 58.2 Å². The summed E-state index contributed by atoms with van der Waals surface area (Å²) in [6, 6.07) is 12.3. The van der Waals surface area contributed by atoms with E-state index in [1.807, 2.05) is 0 Å². The van der Waals surface area contributed by atoms with Crippen molar-refractivity contribution in [2.45, 2.75) is 12.8 Å². The van der Waals surface area contributed by atoms with Crippen LogP contribution in [0.5, 0.6) is 0 Å². The van der Waals surface area contributed by atoms with E-state index in [-0.39, 0.29) is 23.3 Å². The van der Waals surface area contributed by atoms with Crippen LogP contribution < -0.4 is 10.6 Å². The van der Waals surface area contributed by atoms with E-state index < -0.39 is 5.82 Å². The number of benzene rings is 2. The van der Waals surface area contributed by atoms with Crippen molar-refractivity contribution in [3.05, 3.63) is 59.9 Å². The molecule has 0 bridgehead atoms. The number of hydrogen-bond acceptors (Lipinski definition) is 2. The third-order valence-corrected chi connectivity index (χ3v) is 3.45. The molecule has 0 aliphatic heterocycles. The SMILES string of the molecule is O=C(Nc1ccc(NC(=O)C2CC2)cc1)c1cccc(F)c1. The fourth-order valence-corrected chi connectivity index (χ4v) is 2.06. The number of rotatable bonds is 4. The highest BCUT2D eigenvalue weighted by Gasteiger charge is 2.29. The smallest absolute Gasteiger partial charge is 0.255 e. The van der Waals surface area contributed by atoms with Crippen LogP contribution in [0.3, 0.4) is 0 Å². The molecule has 1 aliphatic rings. The van der Waals surface area contributed by atoms with E-state index in [1.54, 1.807) is 30.3 Å². The van der Waals surface area contributed by atoms with Crippen LogP contribution in [0.4, 0.5) is 15.8 Å². The van der Waals surface area contributed by atoms with Crippen LogP contribution in [0.2, 0.25) is 0 Å². The minimum absolute atomic E-state index is 0.0385. The van der Waals surface area contributed by atoms with Gasteiger partial charge in [0.15, 0.2) is 0 Å². The Morgan fingerprint density at radius 1 is 0.955 bits per heavy atom. The number of carbonyl (C=O) groups excluding carboxylic acids is 2. The van der Waals surface area contributed by atoms with E-state index in [0.29, 0.717) is 11.4 Å². The summed E-state index contributed by atoms with van der Waals surface area (Å²) >= 11 is 0. The quantitative estimate of drug-likeness (QED) is 0.908. The van der Waals surface area contributed by atoms with Crippen LogP contribution in [-0.4, -0.2) is 11.8 Å². The maximum absolute atomic E-state index is 13.1. The molecule has 0 heterocycles. The van der Waals surface area contributed by atoms with Crippen molar-refractivity contribution < 1.29 is 14.0 Å². The number of anilines is 2. The Kier molecular flexibility index (Phi) is 3.87. The van der Waals surface area contributed by atoms with Gasteiger partial charge < -0.3 is 10.6 Å². The lowest BCUT2D eigenvalue weighted by Crippen LogP contribution is -2.14. The molecule has 1 aliphatic carbocycles. The molecule has 1 saturated carbocycles. The van der Waals surface area contributed by atoms with Gasteiger partial charge in [0.05, 0.1) is 0 Å². The zero-order valence-electron chi connectivity index (χ0n) is 11.8. The van der Waals surface area contributed by atoms with Crippen molar-refractivity contribution >= 4 is 23.2 Å². The van der Waals surface area contributed by atoms with Gasteiger partial charge in [-0.3, -0.25) is 9.59 Å². The maximum atomic E-state index is 13.1. The van der Waals surface area contributed by atoms with Crippen molar-refractivity contribution in [3.8, 4) is 0 Å². The van der Waals surface area contributed by atoms with Gasteiger partial charge >= 0.3 is 0 Å². The monoisotopic (exact) mass is 298 g/mol. The van der Waals surface area contributed by atoms with Gasteiger partial charge in [0.2, 0.25) is 5.91 Å². The molecule has 4 nitrogen and oxygen atoms in total. The molecular weight excluding hydrogens is 283 g/mol. The predicted molar refractivity (Wildman–Crippen MR) is 82.1 cm³/mol. The van der Waals surface area contributed by atoms with E-state index >= 15 is 0 Å². The summed E-state index contributed by atoms with van der Waals surface area (Å²) < 4.78 is 13.1. The van der Waals surface area contributed by atoms with Gasteiger partial charge in [0, 0.05) is 22.9 Å². The number of amides is 2. The van der Waals surface area contributed by atoms with E-state index in [1.165, 1.54) is 18.2 Å². The van der Waals surface area contributed by atoms with Gasteiger partial charge in [-0.05, 0) is 55.3 Å². The Morgan fingerprint density at radius 3 is 2.18 bits per heavy atom. The molecule has 0 aromatic heterocycles. The zero-order valence-corrected chi connectivity index (χ0v) is 11.8. The van der Waals surface area contributed by atoms with Crippen LogP contribution in [-0.2, 0) is 4.79 Å². The Labute approximate surface area is 127 Å². The molecule has 3 rings (SSSR count). The molecule has 1 fully saturated rings. The van der Waals surface area contributed by atoms with Crippen LogP contribution >= 0.6 is 0 Å². The molecule has 2 amide bonds. The molecule has 2 aromatic carbocycles. The summed E-state index contributed by atoms with van der Waals surface area (Å²) in [4.78, 5) is 23.6. The van der Waals surface area contributed by atoms with Gasteiger partial charge in [0.1, 0.15) is 5.82 Å². The molecule has 5 heteroatoms. The molecular formula is C17H15FN2O2. The summed E-state index contributed by atoms with van der Waals surface area (Å²) in [5.41, 5.74) is 1.53. The first-order valence-corrected chi connectivity index (χ1v) is 7.10. The second-order valence-corrected chi connectivity index (χ2v) is 5.31. The average molecular weight is 298 g/mol. The standard InChI is InChI=1S/C17H15FN2O2/c18-13-3-1-2-12(10-13)17(22)20-15-8-6-14(7-9-15)19-16(21)11-4-5-11/h1-3,6-11H,4-5H2,(H,19,21)(H,20,22). The van der Waals surface area contributed by atoms with E-state index in [9.17, 15) is 14.0 Å². The normalized spacial score (nSPS) is 13.5.